The van der Waals surface area contributed by atoms with Crippen LogP contribution < -0.4 is 9.62 Å². The molecule has 1 atom stereocenters. The molecule has 8 nitrogen and oxygen atoms in total. The van der Waals surface area contributed by atoms with Crippen molar-refractivity contribution in [1.82, 2.24) is 9.03 Å². The lowest BCUT2D eigenvalue weighted by atomic mass is 9.83. The van der Waals surface area contributed by atoms with E-state index in [2.05, 4.69) is 0 Å². The summed E-state index contributed by atoms with van der Waals surface area (Å²) in [6.45, 7) is 0.484. The number of halogens is 1. The number of hydrogen-bond acceptors (Lipinski definition) is 6. The molecule has 1 amide bonds. The van der Waals surface area contributed by atoms with Crippen LogP contribution in [0.25, 0.3) is 11.1 Å². The van der Waals surface area contributed by atoms with Crippen LogP contribution in [0.5, 0.6) is 0 Å². The van der Waals surface area contributed by atoms with Crippen molar-refractivity contribution < 1.29 is 21.6 Å². The molecule has 39 heavy (non-hydrogen) atoms. The van der Waals surface area contributed by atoms with Gasteiger partial charge in [-0.05, 0) is 60.7 Å². The van der Waals surface area contributed by atoms with Crippen molar-refractivity contribution in [3.05, 3.63) is 71.2 Å². The molecule has 1 N–H and O–H groups in total. The van der Waals surface area contributed by atoms with Gasteiger partial charge in [-0.3, -0.25) is 4.79 Å². The maximum absolute atomic E-state index is 14.2. The molecule has 1 aliphatic carbocycles. The average Bonchev–Trinajstić information content (AvgIpc) is 3.12. The Balaban J connectivity index is 1.54. The van der Waals surface area contributed by atoms with E-state index in [1.165, 1.54) is 28.9 Å². The van der Waals surface area contributed by atoms with Crippen LogP contribution in [0, 0.1) is 5.92 Å². The Labute approximate surface area is 233 Å². The first-order valence-electron chi connectivity index (χ1n) is 12.9. The average molecular weight is 586 g/mol. The van der Waals surface area contributed by atoms with Gasteiger partial charge >= 0.3 is 0 Å². The summed E-state index contributed by atoms with van der Waals surface area (Å²) in [6.07, 6.45) is 5.29. The number of nitrogens with zero attached hydrogens (tertiary/aromatic N) is 2. The number of amides is 1. The molecule has 2 aliphatic heterocycles. The number of anilines is 2. The summed E-state index contributed by atoms with van der Waals surface area (Å²) in [5.74, 6) is -0.456. The second-order valence-electron chi connectivity index (χ2n) is 10.4. The van der Waals surface area contributed by atoms with Gasteiger partial charge in [-0.1, -0.05) is 55.1 Å². The first kappa shape index (κ1) is 26.3. The van der Waals surface area contributed by atoms with Gasteiger partial charge in [-0.15, -0.1) is 0 Å². The van der Waals surface area contributed by atoms with Crippen LogP contribution in [0.15, 0.2) is 70.5 Å². The largest absolute Gasteiger partial charge is 0.339 e. The molecule has 6 rings (SSSR count). The van der Waals surface area contributed by atoms with Gasteiger partial charge in [0, 0.05) is 30.9 Å². The summed E-state index contributed by atoms with van der Waals surface area (Å²) < 4.78 is 56.8. The molecule has 11 heteroatoms. The number of carbonyl (C=O) groups is 1. The first-order chi connectivity index (χ1) is 18.6. The predicted molar refractivity (Wildman–Crippen MR) is 150 cm³/mol. The fourth-order valence-corrected chi connectivity index (χ4v) is 9.13. The van der Waals surface area contributed by atoms with Gasteiger partial charge in [0.15, 0.2) is 0 Å². The number of carbonyl (C=O) groups excluding carboxylic acids is 1. The summed E-state index contributed by atoms with van der Waals surface area (Å²) in [5.41, 5.74) is 2.16. The van der Waals surface area contributed by atoms with Crippen LogP contribution in [-0.4, -0.2) is 46.7 Å². The fourth-order valence-electron chi connectivity index (χ4n) is 6.06. The van der Waals surface area contributed by atoms with E-state index in [1.807, 2.05) is 40.0 Å². The van der Waals surface area contributed by atoms with E-state index in [-0.39, 0.29) is 32.3 Å². The third-order valence-electron chi connectivity index (χ3n) is 8.15. The number of rotatable bonds is 3. The van der Waals surface area contributed by atoms with Crippen LogP contribution in [-0.2, 0) is 20.0 Å². The van der Waals surface area contributed by atoms with Crippen molar-refractivity contribution in [2.75, 3.05) is 18.5 Å². The van der Waals surface area contributed by atoms with Gasteiger partial charge in [0.1, 0.15) is 9.79 Å². The van der Waals surface area contributed by atoms with Crippen LogP contribution >= 0.6 is 11.6 Å². The minimum atomic E-state index is -3.99. The van der Waals surface area contributed by atoms with Crippen LogP contribution in [0.3, 0.4) is 0 Å². The van der Waals surface area contributed by atoms with E-state index >= 15 is 0 Å². The highest BCUT2D eigenvalue weighted by Gasteiger charge is 2.41. The Hall–Kier alpha value is -2.92. The molecule has 0 radical (unpaired) electrons. The second kappa shape index (κ2) is 9.62. The summed E-state index contributed by atoms with van der Waals surface area (Å²) in [6, 6.07) is 17.0. The van der Waals surface area contributed by atoms with Gasteiger partial charge in [0.2, 0.25) is 10.0 Å². The molecule has 3 aromatic rings. The van der Waals surface area contributed by atoms with Crippen molar-refractivity contribution in [1.29, 1.82) is 0 Å². The third-order valence-corrected chi connectivity index (χ3v) is 11.7. The summed E-state index contributed by atoms with van der Waals surface area (Å²) in [4.78, 5) is 14.0. The maximum Gasteiger partial charge on any atom is 0.266 e. The molecule has 0 unspecified atom stereocenters. The third kappa shape index (κ3) is 4.43. The van der Waals surface area contributed by atoms with E-state index in [1.54, 1.807) is 19.2 Å². The standard InChI is InChI=1S/C28H28ClN3O5S2/c1-31-25(18-8-4-2-5-9-18)17-32(20-10-6-3-7-11-20)24-16-23(29)22(15-27(24)39(31,36)37)19-12-13-21-26(14-19)38(34,35)30-28(21)33/h3,6-7,10-16,18,25H,2,4-5,8-9,17H2,1H3,(H,30,33)/t25-/m0/s1. The summed E-state index contributed by atoms with van der Waals surface area (Å²) in [5, 5.41) is 0.276. The number of sulfonamides is 2. The second-order valence-corrected chi connectivity index (χ2v) is 14.4. The number of hydrogen-bond donors (Lipinski definition) is 1. The normalized spacial score (nSPS) is 22.6. The van der Waals surface area contributed by atoms with Crippen molar-refractivity contribution in [3.8, 4) is 11.1 Å². The zero-order chi connectivity index (χ0) is 27.5. The highest BCUT2D eigenvalue weighted by Crippen LogP contribution is 2.45. The molecule has 3 aromatic carbocycles. The van der Waals surface area contributed by atoms with Crippen molar-refractivity contribution in [3.63, 3.8) is 0 Å². The molecule has 1 fully saturated rings. The molecule has 2 heterocycles. The monoisotopic (exact) mass is 585 g/mol. The molecule has 0 aromatic heterocycles. The molecule has 204 valence electrons. The van der Waals surface area contributed by atoms with E-state index in [4.69, 9.17) is 11.6 Å². The molecule has 3 aliphatic rings. The Morgan fingerprint density at radius 3 is 2.31 bits per heavy atom. The number of benzene rings is 3. The van der Waals surface area contributed by atoms with Crippen molar-refractivity contribution in [2.45, 2.75) is 47.9 Å². The van der Waals surface area contributed by atoms with Gasteiger partial charge in [-0.25, -0.2) is 21.6 Å². The topological polar surface area (TPSA) is 104 Å². The summed E-state index contributed by atoms with van der Waals surface area (Å²) in [7, 11) is -6.28. The van der Waals surface area contributed by atoms with Crippen molar-refractivity contribution in [2.24, 2.45) is 5.92 Å². The van der Waals surface area contributed by atoms with E-state index < -0.39 is 26.0 Å². The number of fused-ring (bicyclic) bond motifs is 2. The number of para-hydroxylation sites is 1. The quantitative estimate of drug-likeness (QED) is 0.455. The van der Waals surface area contributed by atoms with Gasteiger partial charge in [0.05, 0.1) is 16.3 Å². The van der Waals surface area contributed by atoms with E-state index in [0.29, 0.717) is 23.4 Å². The van der Waals surface area contributed by atoms with Crippen LogP contribution in [0.2, 0.25) is 5.02 Å². The molecule has 0 saturated heterocycles. The predicted octanol–water partition coefficient (Wildman–Crippen LogP) is 5.16. The fraction of sp³-hybridized carbons (Fsp3) is 0.321. The van der Waals surface area contributed by atoms with Crippen molar-refractivity contribution >= 4 is 48.9 Å². The maximum atomic E-state index is 14.2. The minimum Gasteiger partial charge on any atom is -0.339 e. The van der Waals surface area contributed by atoms with Crippen LogP contribution in [0.4, 0.5) is 11.4 Å². The zero-order valence-electron chi connectivity index (χ0n) is 21.3. The molecule has 0 spiro atoms. The Kier molecular flexibility index (Phi) is 6.49. The molecule has 0 bridgehead atoms. The highest BCUT2D eigenvalue weighted by atomic mass is 35.5. The molecular formula is C28H28ClN3O5S2. The molecule has 1 saturated carbocycles. The Bertz CT molecular complexity index is 1690. The lowest BCUT2D eigenvalue weighted by molar-refractivity contribution is 0.0985. The number of likely N-dealkylation sites (N-methyl/N-ethyl adjacent to an activating group) is 1. The Morgan fingerprint density at radius 2 is 1.59 bits per heavy atom. The lowest BCUT2D eigenvalue weighted by Crippen LogP contribution is -2.46. The lowest BCUT2D eigenvalue weighted by Gasteiger charge is -2.36. The van der Waals surface area contributed by atoms with E-state index in [0.717, 1.165) is 31.4 Å². The van der Waals surface area contributed by atoms with E-state index in [9.17, 15) is 21.6 Å². The highest BCUT2D eigenvalue weighted by molar-refractivity contribution is 7.90. The Morgan fingerprint density at radius 1 is 0.872 bits per heavy atom. The minimum absolute atomic E-state index is 0.0440. The van der Waals surface area contributed by atoms with Gasteiger partial charge in [0.25, 0.3) is 15.9 Å². The smallest absolute Gasteiger partial charge is 0.266 e. The first-order valence-corrected chi connectivity index (χ1v) is 16.2. The van der Waals surface area contributed by atoms with Gasteiger partial charge < -0.3 is 4.90 Å². The summed E-state index contributed by atoms with van der Waals surface area (Å²) >= 11 is 6.80. The SMILES string of the molecule is CN1[C@H](C2CCCCC2)CN(c2ccccc2)c2cc(Cl)c(-c3ccc4c(c3)S(=O)(=O)NC4=O)cc2S1(=O)=O. The zero-order valence-corrected chi connectivity index (χ0v) is 23.7. The van der Waals surface area contributed by atoms with Gasteiger partial charge in [-0.2, -0.15) is 4.31 Å². The van der Waals surface area contributed by atoms with Crippen LogP contribution in [0.1, 0.15) is 42.5 Å². The molecular weight excluding hydrogens is 558 g/mol. The number of nitrogens with one attached hydrogen (secondary N) is 1.